The molecule has 0 fully saturated rings. The van der Waals surface area contributed by atoms with E-state index in [-0.39, 0.29) is 49.1 Å². The number of Topliss-reactive ketones (excluding diaryl/α,β-unsaturated/α-hetero) is 1. The van der Waals surface area contributed by atoms with Crippen molar-refractivity contribution in [2.75, 3.05) is 5.32 Å². The minimum atomic E-state index is -2.11. The van der Waals surface area contributed by atoms with Gasteiger partial charge in [0.2, 0.25) is 6.30 Å². The van der Waals surface area contributed by atoms with E-state index < -0.39 is 29.6 Å². The molecule has 2 aromatic carbocycles. The number of ketones is 1. The van der Waals surface area contributed by atoms with Gasteiger partial charge in [-0.2, -0.15) is 0 Å². The van der Waals surface area contributed by atoms with Gasteiger partial charge in [-0.05, 0) is 24.6 Å². The normalized spacial score (nSPS) is 12.1. The molecule has 2 heterocycles. The van der Waals surface area contributed by atoms with E-state index in [1.54, 1.807) is 0 Å². The Kier molecular flexibility index (Phi) is 6.24. The molecule has 34 heavy (non-hydrogen) atoms. The van der Waals surface area contributed by atoms with Gasteiger partial charge in [0.05, 0.1) is 26.8 Å². The Morgan fingerprint density at radius 3 is 2.47 bits per heavy atom. The summed E-state index contributed by atoms with van der Waals surface area (Å²) < 4.78 is 44.0. The monoisotopic (exact) mass is 507 g/mol. The number of aromatic nitrogens is 2. The van der Waals surface area contributed by atoms with E-state index in [0.29, 0.717) is 0 Å². The van der Waals surface area contributed by atoms with Crippen molar-refractivity contribution in [3.63, 3.8) is 0 Å². The molecule has 4 rings (SSSR count). The molecule has 174 valence electrons. The molecule has 0 spiro atoms. The first-order chi connectivity index (χ1) is 16.1. The van der Waals surface area contributed by atoms with Gasteiger partial charge in [-0.3, -0.25) is 14.6 Å². The minimum absolute atomic E-state index is 0.00800. The van der Waals surface area contributed by atoms with Crippen LogP contribution in [0.3, 0.4) is 0 Å². The maximum atomic E-state index is 15.6. The number of phenols is 1. The average molecular weight is 508 g/mol. The lowest BCUT2D eigenvalue weighted by molar-refractivity contribution is -0.112. The highest BCUT2D eigenvalue weighted by atomic mass is 35.5. The van der Waals surface area contributed by atoms with E-state index in [1.165, 1.54) is 37.5 Å². The molecule has 1 atom stereocenters. The number of alkyl halides is 1. The Bertz CT molecular complexity index is 1450. The maximum absolute atomic E-state index is 15.6. The van der Waals surface area contributed by atoms with Crippen LogP contribution in [0, 0.1) is 18.6 Å². The Labute approximate surface area is 200 Å². The fourth-order valence-electron chi connectivity index (χ4n) is 3.55. The van der Waals surface area contributed by atoms with E-state index in [9.17, 15) is 23.5 Å². The van der Waals surface area contributed by atoms with Crippen LogP contribution in [0.15, 0.2) is 48.9 Å². The summed E-state index contributed by atoms with van der Waals surface area (Å²) in [6.07, 6.45) is 1.34. The molecule has 0 aliphatic carbocycles. The lowest BCUT2D eigenvalue weighted by Crippen LogP contribution is -2.23. The molecule has 0 saturated carbocycles. The predicted molar refractivity (Wildman–Crippen MR) is 121 cm³/mol. The molecule has 2 N–H and O–H groups in total. The number of amides is 1. The zero-order valence-corrected chi connectivity index (χ0v) is 18.8. The molecule has 0 aliphatic rings. The summed E-state index contributed by atoms with van der Waals surface area (Å²) in [5.41, 5.74) is -0.901. The van der Waals surface area contributed by atoms with E-state index in [2.05, 4.69) is 10.3 Å². The number of carbonyl (C=O) groups excluding carboxylic acids is 2. The number of aromatic hydroxyl groups is 1. The number of nitrogens with zero attached hydrogens (tertiary/aromatic N) is 2. The number of anilines is 1. The lowest BCUT2D eigenvalue weighted by atomic mass is 10.1. The van der Waals surface area contributed by atoms with Gasteiger partial charge < -0.3 is 15.0 Å². The van der Waals surface area contributed by atoms with Crippen LogP contribution in [0.5, 0.6) is 5.75 Å². The van der Waals surface area contributed by atoms with Crippen molar-refractivity contribution in [3.05, 3.63) is 87.3 Å². The van der Waals surface area contributed by atoms with Crippen molar-refractivity contribution in [1.29, 1.82) is 0 Å². The van der Waals surface area contributed by atoms with Gasteiger partial charge in [0, 0.05) is 29.5 Å². The number of carbonyl (C=O) groups is 2. The van der Waals surface area contributed by atoms with Crippen molar-refractivity contribution < 1.29 is 27.9 Å². The van der Waals surface area contributed by atoms with Gasteiger partial charge in [-0.25, -0.2) is 13.2 Å². The van der Waals surface area contributed by atoms with Crippen LogP contribution >= 0.6 is 23.2 Å². The fraction of sp³-hybridized carbons (Fsp3) is 0.0870. The molecule has 1 amide bonds. The number of hydrogen-bond donors (Lipinski definition) is 2. The molecule has 0 bridgehead atoms. The second-order valence-electron chi connectivity index (χ2n) is 7.30. The largest absolute Gasteiger partial charge is 0.506 e. The number of phenolic OH excluding ortho intramolecular Hbond substituents is 1. The van der Waals surface area contributed by atoms with E-state index in [1.807, 2.05) is 0 Å². The Morgan fingerprint density at radius 1 is 1.12 bits per heavy atom. The molecule has 1 unspecified atom stereocenters. The van der Waals surface area contributed by atoms with Crippen molar-refractivity contribution >= 4 is 51.5 Å². The zero-order chi connectivity index (χ0) is 24.7. The second-order valence-corrected chi connectivity index (χ2v) is 8.11. The highest BCUT2D eigenvalue weighted by molar-refractivity contribution is 6.50. The summed E-state index contributed by atoms with van der Waals surface area (Å²) >= 11 is 12.0. The summed E-state index contributed by atoms with van der Waals surface area (Å²) in [5, 5.41) is 12.7. The lowest BCUT2D eigenvalue weighted by Gasteiger charge is -2.15. The smallest absolute Gasteiger partial charge is 0.296 e. The number of pyridine rings is 1. The van der Waals surface area contributed by atoms with Crippen molar-refractivity contribution in [1.82, 2.24) is 9.55 Å². The SMILES string of the molecule is Cc1c(C(F)n2cc(C(=O)C(=O)Nc3c(Cl)cncc3Cl)c3cccc(O)c32)ccc(F)c1F. The maximum Gasteiger partial charge on any atom is 0.296 e. The average Bonchev–Trinajstić information content (AvgIpc) is 3.20. The molecule has 0 radical (unpaired) electrons. The highest BCUT2D eigenvalue weighted by Gasteiger charge is 2.28. The molecular weight excluding hydrogens is 494 g/mol. The number of rotatable bonds is 5. The molecule has 6 nitrogen and oxygen atoms in total. The number of hydrogen-bond acceptors (Lipinski definition) is 4. The zero-order valence-electron chi connectivity index (χ0n) is 17.2. The summed E-state index contributed by atoms with van der Waals surface area (Å²) in [7, 11) is 0. The van der Waals surface area contributed by atoms with Crippen LogP contribution in [-0.2, 0) is 4.79 Å². The summed E-state index contributed by atoms with van der Waals surface area (Å²) in [6, 6.07) is 5.91. The molecule has 4 aromatic rings. The van der Waals surface area contributed by atoms with Crippen LogP contribution in [0.25, 0.3) is 10.9 Å². The summed E-state index contributed by atoms with van der Waals surface area (Å²) in [4.78, 5) is 29.4. The Morgan fingerprint density at radius 2 is 1.79 bits per heavy atom. The van der Waals surface area contributed by atoms with Crippen LogP contribution in [0.1, 0.15) is 27.8 Å². The summed E-state index contributed by atoms with van der Waals surface area (Å²) in [6.45, 7) is 1.20. The Balaban J connectivity index is 1.80. The van der Waals surface area contributed by atoms with Crippen molar-refractivity contribution in [2.45, 2.75) is 13.2 Å². The van der Waals surface area contributed by atoms with Gasteiger partial charge in [-0.1, -0.05) is 41.4 Å². The minimum Gasteiger partial charge on any atom is -0.506 e. The fourth-order valence-corrected chi connectivity index (χ4v) is 4.01. The predicted octanol–water partition coefficient (Wildman–Crippen LogP) is 5.97. The van der Waals surface area contributed by atoms with Crippen LogP contribution in [0.4, 0.5) is 18.9 Å². The van der Waals surface area contributed by atoms with E-state index >= 15 is 4.39 Å². The van der Waals surface area contributed by atoms with Crippen LogP contribution in [-0.4, -0.2) is 26.3 Å². The molecule has 11 heteroatoms. The van der Waals surface area contributed by atoms with Crippen LogP contribution in [0.2, 0.25) is 10.0 Å². The van der Waals surface area contributed by atoms with Gasteiger partial charge in [-0.15, -0.1) is 0 Å². The van der Waals surface area contributed by atoms with Gasteiger partial charge in [0.1, 0.15) is 5.75 Å². The van der Waals surface area contributed by atoms with Crippen LogP contribution < -0.4 is 5.32 Å². The molecule has 0 aliphatic heterocycles. The van der Waals surface area contributed by atoms with Gasteiger partial charge >= 0.3 is 0 Å². The Hall–Kier alpha value is -3.56. The number of para-hydroxylation sites is 1. The first kappa shape index (κ1) is 23.6. The van der Waals surface area contributed by atoms with Gasteiger partial charge in [0.15, 0.2) is 11.6 Å². The molecule has 0 saturated heterocycles. The number of benzene rings is 2. The second kappa shape index (κ2) is 9.00. The van der Waals surface area contributed by atoms with Crippen molar-refractivity contribution in [3.8, 4) is 5.75 Å². The summed E-state index contributed by atoms with van der Waals surface area (Å²) in [5.74, 6) is -4.96. The third-order valence-corrected chi connectivity index (χ3v) is 5.83. The van der Waals surface area contributed by atoms with Gasteiger partial charge in [0.25, 0.3) is 11.7 Å². The standard InChI is InChI=1S/C23H14Cl2F3N3O3/c1-10-11(5-6-16(26)18(10)27)22(28)31-9-13(12-3-2-4-17(32)20(12)31)21(33)23(34)30-19-14(24)7-29-8-15(19)25/h2-9,22,32H,1H3,(H,29,30,34). The number of nitrogens with one attached hydrogen (secondary N) is 1. The quantitative estimate of drug-likeness (QED) is 0.257. The first-order valence-electron chi connectivity index (χ1n) is 9.67. The number of halogens is 5. The number of fused-ring (bicyclic) bond motifs is 1. The molecular formula is C23H14Cl2F3N3O3. The highest BCUT2D eigenvalue weighted by Crippen LogP contribution is 2.36. The first-order valence-corrected chi connectivity index (χ1v) is 10.4. The molecule has 2 aromatic heterocycles. The van der Waals surface area contributed by atoms with Crippen molar-refractivity contribution in [2.24, 2.45) is 0 Å². The topological polar surface area (TPSA) is 84.2 Å². The van der Waals surface area contributed by atoms with E-state index in [0.717, 1.165) is 22.9 Å². The van der Waals surface area contributed by atoms with E-state index in [4.69, 9.17) is 23.2 Å². The third-order valence-electron chi connectivity index (χ3n) is 5.26. The third kappa shape index (κ3) is 3.97.